The Kier molecular flexibility index (Phi) is 3.93. The molecule has 1 heterocycles. The van der Waals surface area contributed by atoms with Crippen molar-refractivity contribution >= 4 is 34.2 Å². The first kappa shape index (κ1) is 13.0. The van der Waals surface area contributed by atoms with Crippen LogP contribution in [0.3, 0.4) is 0 Å². The standard InChI is InChI=1S/C13H15N3S2/c1-9-3-4-12(11(5-9)13(14)17)16(2)6-10-7-18-8-15-10/h3-5,7-8H,6H2,1-2H3,(H2,14,17). The highest BCUT2D eigenvalue weighted by Crippen LogP contribution is 2.22. The highest BCUT2D eigenvalue weighted by Gasteiger charge is 2.11. The van der Waals surface area contributed by atoms with E-state index in [1.54, 1.807) is 11.3 Å². The van der Waals surface area contributed by atoms with Gasteiger partial charge in [0.15, 0.2) is 0 Å². The van der Waals surface area contributed by atoms with Crippen LogP contribution in [0.1, 0.15) is 16.8 Å². The molecule has 2 rings (SSSR count). The van der Waals surface area contributed by atoms with Crippen molar-refractivity contribution in [1.29, 1.82) is 0 Å². The van der Waals surface area contributed by atoms with Crippen LogP contribution in [0.2, 0.25) is 0 Å². The fourth-order valence-corrected chi connectivity index (χ4v) is 2.54. The van der Waals surface area contributed by atoms with E-state index in [1.165, 1.54) is 0 Å². The van der Waals surface area contributed by atoms with Crippen molar-refractivity contribution in [2.45, 2.75) is 13.5 Å². The van der Waals surface area contributed by atoms with E-state index < -0.39 is 0 Å². The lowest BCUT2D eigenvalue weighted by Crippen LogP contribution is -2.21. The van der Waals surface area contributed by atoms with E-state index in [2.05, 4.69) is 22.0 Å². The van der Waals surface area contributed by atoms with Crippen LogP contribution in [-0.2, 0) is 6.54 Å². The fraction of sp³-hybridized carbons (Fsp3) is 0.231. The van der Waals surface area contributed by atoms with Gasteiger partial charge in [-0.05, 0) is 19.1 Å². The molecule has 0 bridgehead atoms. The number of benzene rings is 1. The molecule has 0 unspecified atom stereocenters. The van der Waals surface area contributed by atoms with Crippen LogP contribution in [-0.4, -0.2) is 17.0 Å². The van der Waals surface area contributed by atoms with E-state index in [9.17, 15) is 0 Å². The largest absolute Gasteiger partial charge is 0.389 e. The summed E-state index contributed by atoms with van der Waals surface area (Å²) in [6.07, 6.45) is 0. The average Bonchev–Trinajstić information content (AvgIpc) is 2.81. The Bertz CT molecular complexity index is 549. The predicted octanol–water partition coefficient (Wildman–Crippen LogP) is 2.72. The third-order valence-corrected chi connectivity index (χ3v) is 3.57. The molecule has 0 saturated heterocycles. The Balaban J connectivity index is 2.29. The first-order valence-electron chi connectivity index (χ1n) is 5.56. The van der Waals surface area contributed by atoms with Crippen LogP contribution in [0.4, 0.5) is 5.69 Å². The molecule has 2 aromatic rings. The van der Waals surface area contributed by atoms with Gasteiger partial charge in [-0.15, -0.1) is 11.3 Å². The molecule has 0 fully saturated rings. The van der Waals surface area contributed by atoms with Crippen LogP contribution in [0.15, 0.2) is 29.1 Å². The molecule has 0 saturated carbocycles. The summed E-state index contributed by atoms with van der Waals surface area (Å²) in [6, 6.07) is 6.14. The van der Waals surface area contributed by atoms with Crippen LogP contribution < -0.4 is 10.6 Å². The number of aryl methyl sites for hydroxylation is 1. The van der Waals surface area contributed by atoms with Gasteiger partial charge in [0.25, 0.3) is 0 Å². The Morgan fingerprint density at radius 3 is 2.89 bits per heavy atom. The second kappa shape index (κ2) is 5.46. The minimum absolute atomic E-state index is 0.429. The molecule has 0 aliphatic rings. The lowest BCUT2D eigenvalue weighted by atomic mass is 10.1. The van der Waals surface area contributed by atoms with E-state index >= 15 is 0 Å². The van der Waals surface area contributed by atoms with Crippen LogP contribution in [0.5, 0.6) is 0 Å². The molecule has 0 radical (unpaired) electrons. The lowest BCUT2D eigenvalue weighted by molar-refractivity contribution is 0.893. The van der Waals surface area contributed by atoms with Crippen LogP contribution in [0.25, 0.3) is 0 Å². The minimum Gasteiger partial charge on any atom is -0.389 e. The number of nitrogens with two attached hydrogens (primary N) is 1. The van der Waals surface area contributed by atoms with Crippen molar-refractivity contribution in [3.8, 4) is 0 Å². The molecule has 18 heavy (non-hydrogen) atoms. The molecule has 5 heteroatoms. The number of hydrogen-bond donors (Lipinski definition) is 1. The van der Waals surface area contributed by atoms with Crippen molar-refractivity contribution in [3.63, 3.8) is 0 Å². The molecular weight excluding hydrogens is 262 g/mol. The monoisotopic (exact) mass is 277 g/mol. The number of anilines is 1. The second-order valence-corrected chi connectivity index (χ2v) is 5.38. The number of rotatable bonds is 4. The second-order valence-electron chi connectivity index (χ2n) is 4.22. The maximum absolute atomic E-state index is 5.79. The van der Waals surface area contributed by atoms with E-state index in [1.807, 2.05) is 30.9 Å². The molecule has 0 amide bonds. The number of nitrogens with zero attached hydrogens (tertiary/aromatic N) is 2. The van der Waals surface area contributed by atoms with Gasteiger partial charge in [-0.2, -0.15) is 0 Å². The summed E-state index contributed by atoms with van der Waals surface area (Å²) in [5.74, 6) is 0. The zero-order chi connectivity index (χ0) is 13.1. The summed E-state index contributed by atoms with van der Waals surface area (Å²) in [7, 11) is 2.02. The quantitative estimate of drug-likeness (QED) is 0.873. The van der Waals surface area contributed by atoms with E-state index in [0.717, 1.165) is 29.1 Å². The summed E-state index contributed by atoms with van der Waals surface area (Å²) in [5.41, 5.74) is 11.8. The summed E-state index contributed by atoms with van der Waals surface area (Å²) >= 11 is 6.72. The average molecular weight is 277 g/mol. The first-order chi connectivity index (χ1) is 8.58. The number of thiocarbonyl (C=S) groups is 1. The van der Waals surface area contributed by atoms with E-state index in [-0.39, 0.29) is 0 Å². The van der Waals surface area contributed by atoms with Crippen LogP contribution >= 0.6 is 23.6 Å². The Morgan fingerprint density at radius 1 is 1.50 bits per heavy atom. The predicted molar refractivity (Wildman–Crippen MR) is 81.3 cm³/mol. The van der Waals surface area contributed by atoms with Crippen molar-refractivity contribution in [1.82, 2.24) is 4.98 Å². The van der Waals surface area contributed by atoms with Crippen LogP contribution in [0, 0.1) is 6.92 Å². The SMILES string of the molecule is Cc1ccc(N(C)Cc2cscn2)c(C(N)=S)c1. The number of hydrogen-bond acceptors (Lipinski definition) is 4. The highest BCUT2D eigenvalue weighted by molar-refractivity contribution is 7.80. The third-order valence-electron chi connectivity index (χ3n) is 2.71. The highest BCUT2D eigenvalue weighted by atomic mass is 32.1. The molecule has 94 valence electrons. The van der Waals surface area contributed by atoms with Gasteiger partial charge >= 0.3 is 0 Å². The molecule has 0 spiro atoms. The van der Waals surface area contributed by atoms with Gasteiger partial charge in [0.1, 0.15) is 4.99 Å². The van der Waals surface area contributed by atoms with Gasteiger partial charge in [0, 0.05) is 23.7 Å². The summed E-state index contributed by atoms with van der Waals surface area (Å²) in [6.45, 7) is 2.79. The van der Waals surface area contributed by atoms with Gasteiger partial charge in [0.05, 0.1) is 17.7 Å². The molecule has 1 aromatic carbocycles. The van der Waals surface area contributed by atoms with Gasteiger partial charge in [0.2, 0.25) is 0 Å². The fourth-order valence-electron chi connectivity index (χ4n) is 1.82. The maximum atomic E-state index is 5.79. The molecule has 1 aromatic heterocycles. The van der Waals surface area contributed by atoms with Crippen molar-refractivity contribution in [3.05, 3.63) is 45.9 Å². The molecule has 3 nitrogen and oxygen atoms in total. The maximum Gasteiger partial charge on any atom is 0.106 e. The molecule has 0 aliphatic heterocycles. The van der Waals surface area contributed by atoms with Gasteiger partial charge in [-0.1, -0.05) is 23.8 Å². The topological polar surface area (TPSA) is 42.2 Å². The number of thiazole rings is 1. The van der Waals surface area contributed by atoms with Crippen molar-refractivity contribution in [2.24, 2.45) is 5.73 Å². The molecular formula is C13H15N3S2. The molecule has 0 atom stereocenters. The molecule has 2 N–H and O–H groups in total. The minimum atomic E-state index is 0.429. The van der Waals surface area contributed by atoms with Gasteiger partial charge in [-0.25, -0.2) is 4.98 Å². The Morgan fingerprint density at radius 2 is 2.28 bits per heavy atom. The van der Waals surface area contributed by atoms with Crippen molar-refractivity contribution in [2.75, 3.05) is 11.9 Å². The van der Waals surface area contributed by atoms with Crippen molar-refractivity contribution < 1.29 is 0 Å². The summed E-state index contributed by atoms with van der Waals surface area (Å²) in [5, 5.41) is 2.05. The Labute approximate surface area is 116 Å². The zero-order valence-electron chi connectivity index (χ0n) is 10.4. The zero-order valence-corrected chi connectivity index (χ0v) is 12.0. The summed E-state index contributed by atoms with van der Waals surface area (Å²) < 4.78 is 0. The third kappa shape index (κ3) is 2.86. The molecule has 0 aliphatic carbocycles. The van der Waals surface area contributed by atoms with Gasteiger partial charge in [-0.3, -0.25) is 0 Å². The number of aromatic nitrogens is 1. The van der Waals surface area contributed by atoms with E-state index in [4.69, 9.17) is 18.0 Å². The Hall–Kier alpha value is -1.46. The summed E-state index contributed by atoms with van der Waals surface area (Å²) in [4.78, 5) is 6.83. The first-order valence-corrected chi connectivity index (χ1v) is 6.91. The smallest absolute Gasteiger partial charge is 0.106 e. The lowest BCUT2D eigenvalue weighted by Gasteiger charge is -2.21. The normalized spacial score (nSPS) is 10.3. The van der Waals surface area contributed by atoms with Gasteiger partial charge < -0.3 is 10.6 Å². The van der Waals surface area contributed by atoms with E-state index in [0.29, 0.717) is 4.99 Å².